The molecule has 0 radical (unpaired) electrons. The summed E-state index contributed by atoms with van der Waals surface area (Å²) >= 11 is 2.93. The maximum Gasteiger partial charge on any atom is 0.411 e. The normalized spacial score (nSPS) is 18.6. The van der Waals surface area contributed by atoms with Crippen LogP contribution in [-0.2, 0) is 20.9 Å². The fraction of sp³-hybridized carbons (Fsp3) is 0.615. The van der Waals surface area contributed by atoms with Crippen LogP contribution in [0.2, 0.25) is 0 Å². The first-order chi connectivity index (χ1) is 9.87. The quantitative estimate of drug-likeness (QED) is 0.793. The fourth-order valence-electron chi connectivity index (χ4n) is 1.69. The van der Waals surface area contributed by atoms with Crippen LogP contribution < -0.4 is 0 Å². The third-order valence-corrected chi connectivity index (χ3v) is 4.37. The molecule has 0 N–H and O–H groups in total. The standard InChI is InChI=1S/C13H18N2O4S2/c1-13(2,3)19-12(17)15-8-20-7-9(15)11(16)18-6-10-14-4-5-21-10/h4-5,9H,6-8H2,1-3H3/t9-/m0/s1. The van der Waals surface area contributed by atoms with Crippen LogP contribution in [0.5, 0.6) is 0 Å². The van der Waals surface area contributed by atoms with Crippen molar-refractivity contribution >= 4 is 35.2 Å². The van der Waals surface area contributed by atoms with Crippen molar-refractivity contribution in [2.45, 2.75) is 39.0 Å². The highest BCUT2D eigenvalue weighted by Gasteiger charge is 2.38. The maximum atomic E-state index is 12.1. The van der Waals surface area contributed by atoms with E-state index in [1.807, 2.05) is 5.38 Å². The molecule has 0 spiro atoms. The van der Waals surface area contributed by atoms with E-state index >= 15 is 0 Å². The third-order valence-electron chi connectivity index (χ3n) is 2.60. The molecule has 0 aliphatic carbocycles. The lowest BCUT2D eigenvalue weighted by atomic mass is 10.2. The van der Waals surface area contributed by atoms with Crippen molar-refractivity contribution in [1.29, 1.82) is 0 Å². The number of thiazole rings is 1. The number of nitrogens with zero attached hydrogens (tertiary/aromatic N) is 2. The summed E-state index contributed by atoms with van der Waals surface area (Å²) in [7, 11) is 0. The molecule has 1 aliphatic heterocycles. The lowest BCUT2D eigenvalue weighted by molar-refractivity contribution is -0.149. The van der Waals surface area contributed by atoms with Gasteiger partial charge in [-0.05, 0) is 20.8 Å². The van der Waals surface area contributed by atoms with Crippen molar-refractivity contribution in [3.63, 3.8) is 0 Å². The number of carbonyl (C=O) groups is 2. The first-order valence-electron chi connectivity index (χ1n) is 6.49. The van der Waals surface area contributed by atoms with Crippen LogP contribution in [0.4, 0.5) is 4.79 Å². The second-order valence-corrected chi connectivity index (χ2v) is 7.48. The molecule has 0 saturated carbocycles. The lowest BCUT2D eigenvalue weighted by Crippen LogP contribution is -2.45. The molecule has 8 heteroatoms. The second kappa shape index (κ2) is 6.65. The molecule has 6 nitrogen and oxygen atoms in total. The van der Waals surface area contributed by atoms with Crippen LogP contribution in [0.25, 0.3) is 0 Å². The SMILES string of the molecule is CC(C)(C)OC(=O)N1CSC[C@H]1C(=O)OCc1nccs1. The van der Waals surface area contributed by atoms with Crippen LogP contribution in [0.15, 0.2) is 11.6 Å². The monoisotopic (exact) mass is 330 g/mol. The summed E-state index contributed by atoms with van der Waals surface area (Å²) in [5, 5.41) is 2.56. The summed E-state index contributed by atoms with van der Waals surface area (Å²) in [5.41, 5.74) is -0.584. The van der Waals surface area contributed by atoms with Gasteiger partial charge in [0.05, 0.1) is 5.88 Å². The average molecular weight is 330 g/mol. The molecule has 1 aromatic rings. The topological polar surface area (TPSA) is 68.7 Å². The van der Waals surface area contributed by atoms with E-state index < -0.39 is 23.7 Å². The van der Waals surface area contributed by atoms with Crippen molar-refractivity contribution < 1.29 is 19.1 Å². The Kier molecular flexibility index (Phi) is 5.10. The van der Waals surface area contributed by atoms with Gasteiger partial charge in [-0.25, -0.2) is 14.6 Å². The predicted octanol–water partition coefficient (Wildman–Crippen LogP) is 2.50. The molecule has 2 heterocycles. The van der Waals surface area contributed by atoms with Crippen molar-refractivity contribution in [1.82, 2.24) is 9.88 Å². The first kappa shape index (κ1) is 16.1. The van der Waals surface area contributed by atoms with Crippen LogP contribution in [0, 0.1) is 0 Å². The number of hydrogen-bond acceptors (Lipinski definition) is 7. The van der Waals surface area contributed by atoms with Crippen LogP contribution in [0.1, 0.15) is 25.8 Å². The van der Waals surface area contributed by atoms with E-state index in [9.17, 15) is 9.59 Å². The molecule has 1 fully saturated rings. The first-order valence-corrected chi connectivity index (χ1v) is 8.52. The zero-order valence-corrected chi connectivity index (χ0v) is 13.8. The van der Waals surface area contributed by atoms with Gasteiger partial charge in [0.1, 0.15) is 23.3 Å². The Bertz CT molecular complexity index is 499. The molecular formula is C13H18N2O4S2. The molecule has 21 heavy (non-hydrogen) atoms. The van der Waals surface area contributed by atoms with Gasteiger partial charge >= 0.3 is 12.1 Å². The molecule has 1 saturated heterocycles. The number of rotatable bonds is 3. The van der Waals surface area contributed by atoms with E-state index in [4.69, 9.17) is 9.47 Å². The summed E-state index contributed by atoms with van der Waals surface area (Å²) in [6.07, 6.45) is 1.18. The molecule has 1 aliphatic rings. The molecule has 1 aromatic heterocycles. The summed E-state index contributed by atoms with van der Waals surface area (Å²) in [4.78, 5) is 29.7. The molecule has 0 unspecified atom stereocenters. The van der Waals surface area contributed by atoms with E-state index in [1.54, 1.807) is 27.0 Å². The van der Waals surface area contributed by atoms with Crippen molar-refractivity contribution in [2.75, 3.05) is 11.6 Å². The Balaban J connectivity index is 1.91. The van der Waals surface area contributed by atoms with Gasteiger partial charge in [-0.15, -0.1) is 23.1 Å². The molecule has 1 amide bonds. The average Bonchev–Trinajstić information content (AvgIpc) is 3.05. The Morgan fingerprint density at radius 3 is 2.86 bits per heavy atom. The van der Waals surface area contributed by atoms with E-state index in [0.29, 0.717) is 11.6 Å². The third kappa shape index (κ3) is 4.60. The largest absolute Gasteiger partial charge is 0.457 e. The predicted molar refractivity (Wildman–Crippen MR) is 81.1 cm³/mol. The second-order valence-electron chi connectivity index (χ2n) is 5.50. The minimum atomic E-state index is -0.593. The van der Waals surface area contributed by atoms with Crippen LogP contribution in [-0.4, -0.2) is 45.2 Å². The fourth-order valence-corrected chi connectivity index (χ4v) is 3.35. The van der Waals surface area contributed by atoms with Crippen molar-refractivity contribution in [3.05, 3.63) is 16.6 Å². The highest BCUT2D eigenvalue weighted by atomic mass is 32.2. The van der Waals surface area contributed by atoms with E-state index in [-0.39, 0.29) is 6.61 Å². The minimum Gasteiger partial charge on any atom is -0.457 e. The molecule has 0 aromatic carbocycles. The number of aromatic nitrogens is 1. The zero-order chi connectivity index (χ0) is 15.5. The van der Waals surface area contributed by atoms with Crippen molar-refractivity contribution in [3.8, 4) is 0 Å². The van der Waals surface area contributed by atoms with Crippen LogP contribution >= 0.6 is 23.1 Å². The number of thioether (sulfide) groups is 1. The van der Waals surface area contributed by atoms with Gasteiger partial charge in [-0.2, -0.15) is 0 Å². The smallest absolute Gasteiger partial charge is 0.411 e. The minimum absolute atomic E-state index is 0.139. The van der Waals surface area contributed by atoms with E-state index in [0.717, 1.165) is 5.01 Å². The number of esters is 1. The number of carbonyl (C=O) groups excluding carboxylic acids is 2. The highest BCUT2D eigenvalue weighted by molar-refractivity contribution is 7.99. The Hall–Kier alpha value is -1.28. The summed E-state index contributed by atoms with van der Waals surface area (Å²) in [6, 6.07) is -0.593. The van der Waals surface area contributed by atoms with Gasteiger partial charge in [0.15, 0.2) is 0 Å². The number of ether oxygens (including phenoxy) is 2. The summed E-state index contributed by atoms with van der Waals surface area (Å²) < 4.78 is 10.5. The van der Waals surface area contributed by atoms with Crippen molar-refractivity contribution in [2.24, 2.45) is 0 Å². The van der Waals surface area contributed by atoms with Gasteiger partial charge in [0, 0.05) is 17.3 Å². The summed E-state index contributed by atoms with van der Waals surface area (Å²) in [5.74, 6) is 0.545. The highest BCUT2D eigenvalue weighted by Crippen LogP contribution is 2.24. The molecule has 116 valence electrons. The molecule has 2 rings (SSSR count). The summed E-state index contributed by atoms with van der Waals surface area (Å²) in [6.45, 7) is 5.53. The van der Waals surface area contributed by atoms with E-state index in [2.05, 4.69) is 4.98 Å². The van der Waals surface area contributed by atoms with Crippen LogP contribution in [0.3, 0.4) is 0 Å². The molecule has 1 atom stereocenters. The van der Waals surface area contributed by atoms with E-state index in [1.165, 1.54) is 28.0 Å². The Labute approximate surface area is 131 Å². The maximum absolute atomic E-state index is 12.1. The molecular weight excluding hydrogens is 312 g/mol. The number of amides is 1. The molecule has 0 bridgehead atoms. The Morgan fingerprint density at radius 1 is 1.48 bits per heavy atom. The zero-order valence-electron chi connectivity index (χ0n) is 12.2. The van der Waals surface area contributed by atoms with Gasteiger partial charge in [0.2, 0.25) is 0 Å². The van der Waals surface area contributed by atoms with Gasteiger partial charge in [-0.3, -0.25) is 4.90 Å². The lowest BCUT2D eigenvalue weighted by Gasteiger charge is -2.26. The van der Waals surface area contributed by atoms with Gasteiger partial charge in [0.25, 0.3) is 0 Å². The number of hydrogen-bond donors (Lipinski definition) is 0. The van der Waals surface area contributed by atoms with Gasteiger partial charge < -0.3 is 9.47 Å². The Morgan fingerprint density at radius 2 is 2.24 bits per heavy atom. The van der Waals surface area contributed by atoms with Gasteiger partial charge in [-0.1, -0.05) is 0 Å².